The van der Waals surface area contributed by atoms with Crippen LogP contribution in [0.5, 0.6) is 5.75 Å². The van der Waals surface area contributed by atoms with Gasteiger partial charge in [-0.05, 0) is 24.6 Å². The predicted molar refractivity (Wildman–Crippen MR) is 82.2 cm³/mol. The second-order valence-electron chi connectivity index (χ2n) is 5.76. The first-order valence-electron chi connectivity index (χ1n) is 7.41. The molecule has 0 spiro atoms. The largest absolute Gasteiger partial charge is 0.479 e. The van der Waals surface area contributed by atoms with Crippen molar-refractivity contribution in [3.05, 3.63) is 40.2 Å². The maximum absolute atomic E-state index is 11.3. The number of hydrogen-bond donors (Lipinski definition) is 4. The van der Waals surface area contributed by atoms with Gasteiger partial charge in [0.05, 0.1) is 0 Å². The van der Waals surface area contributed by atoms with E-state index in [9.17, 15) is 24.9 Å². The third-order valence-electron chi connectivity index (χ3n) is 3.97. The highest BCUT2D eigenvalue weighted by Crippen LogP contribution is 2.29. The van der Waals surface area contributed by atoms with Gasteiger partial charge in [0, 0.05) is 17.5 Å². The summed E-state index contributed by atoms with van der Waals surface area (Å²) in [6.07, 6.45) is -8.54. The molecule has 134 valence electrons. The van der Waals surface area contributed by atoms with Crippen LogP contribution in [0, 0.1) is 6.92 Å². The minimum absolute atomic E-state index is 0.165. The van der Waals surface area contributed by atoms with E-state index in [1.165, 1.54) is 12.1 Å². The van der Waals surface area contributed by atoms with Crippen molar-refractivity contribution in [2.75, 3.05) is 0 Å². The van der Waals surface area contributed by atoms with Crippen LogP contribution in [-0.2, 0) is 9.53 Å². The summed E-state index contributed by atoms with van der Waals surface area (Å²) in [7, 11) is 0. The summed E-state index contributed by atoms with van der Waals surface area (Å²) < 4.78 is 15.6. The Hall–Kier alpha value is -2.46. The molecule has 1 fully saturated rings. The smallest absolute Gasteiger partial charge is 0.336 e. The summed E-state index contributed by atoms with van der Waals surface area (Å²) in [4.78, 5) is 22.4. The fraction of sp³-hybridized carbons (Fsp3) is 0.375. The highest BCUT2D eigenvalue weighted by Gasteiger charge is 2.48. The molecule has 0 saturated carbocycles. The number of hydrogen-bond acceptors (Lipinski definition) is 8. The molecular weight excluding hydrogens is 336 g/mol. The number of rotatable bonds is 3. The van der Waals surface area contributed by atoms with E-state index < -0.39 is 42.3 Å². The Labute approximate surface area is 140 Å². The van der Waals surface area contributed by atoms with Crippen LogP contribution in [0.2, 0.25) is 0 Å². The van der Waals surface area contributed by atoms with Gasteiger partial charge in [0.1, 0.15) is 29.6 Å². The molecule has 1 saturated heterocycles. The Morgan fingerprint density at radius 3 is 2.52 bits per heavy atom. The molecule has 25 heavy (non-hydrogen) atoms. The molecule has 9 heteroatoms. The summed E-state index contributed by atoms with van der Waals surface area (Å²) in [6, 6.07) is 5.91. The van der Waals surface area contributed by atoms with Crippen molar-refractivity contribution in [1.82, 2.24) is 0 Å². The molecule has 2 heterocycles. The summed E-state index contributed by atoms with van der Waals surface area (Å²) in [5, 5.41) is 39.2. The van der Waals surface area contributed by atoms with Crippen LogP contribution in [0.25, 0.3) is 11.0 Å². The molecule has 2 aromatic rings. The number of aryl methyl sites for hydroxylation is 1. The topological polar surface area (TPSA) is 147 Å². The molecule has 4 N–H and O–H groups in total. The molecule has 3 rings (SSSR count). The van der Waals surface area contributed by atoms with Crippen molar-refractivity contribution in [2.24, 2.45) is 0 Å². The van der Waals surface area contributed by atoms with Gasteiger partial charge < -0.3 is 34.3 Å². The molecule has 0 radical (unpaired) electrons. The fourth-order valence-electron chi connectivity index (χ4n) is 2.61. The van der Waals surface area contributed by atoms with E-state index >= 15 is 0 Å². The third-order valence-corrected chi connectivity index (χ3v) is 3.97. The normalized spacial score (nSPS) is 29.5. The first-order valence-corrected chi connectivity index (χ1v) is 7.41. The van der Waals surface area contributed by atoms with Gasteiger partial charge in [0.2, 0.25) is 6.29 Å². The number of aliphatic carboxylic acids is 1. The molecule has 1 aliphatic heterocycles. The zero-order chi connectivity index (χ0) is 18.3. The number of carbonyl (C=O) groups is 1. The van der Waals surface area contributed by atoms with Crippen LogP contribution < -0.4 is 10.4 Å². The third kappa shape index (κ3) is 3.22. The van der Waals surface area contributed by atoms with Gasteiger partial charge in [-0.1, -0.05) is 0 Å². The zero-order valence-corrected chi connectivity index (χ0v) is 13.0. The van der Waals surface area contributed by atoms with Gasteiger partial charge in [-0.2, -0.15) is 0 Å². The van der Waals surface area contributed by atoms with Crippen LogP contribution in [0.1, 0.15) is 5.56 Å². The second-order valence-corrected chi connectivity index (χ2v) is 5.76. The minimum atomic E-state index is -1.80. The Balaban J connectivity index is 1.92. The van der Waals surface area contributed by atoms with Crippen molar-refractivity contribution >= 4 is 16.9 Å². The second kappa shape index (κ2) is 6.45. The van der Waals surface area contributed by atoms with E-state index in [-0.39, 0.29) is 11.3 Å². The maximum Gasteiger partial charge on any atom is 0.336 e. The maximum atomic E-state index is 11.3. The minimum Gasteiger partial charge on any atom is -0.479 e. The van der Waals surface area contributed by atoms with Gasteiger partial charge in [-0.15, -0.1) is 0 Å². The lowest BCUT2D eigenvalue weighted by Crippen LogP contribution is -2.61. The quantitative estimate of drug-likeness (QED) is 0.530. The van der Waals surface area contributed by atoms with Gasteiger partial charge >= 0.3 is 11.6 Å². The Morgan fingerprint density at radius 1 is 1.12 bits per heavy atom. The molecule has 0 aliphatic carbocycles. The lowest BCUT2D eigenvalue weighted by atomic mass is 9.99. The molecule has 1 aromatic heterocycles. The van der Waals surface area contributed by atoms with Gasteiger partial charge in [0.15, 0.2) is 6.10 Å². The van der Waals surface area contributed by atoms with E-state index in [1.807, 2.05) is 0 Å². The Morgan fingerprint density at radius 2 is 1.84 bits per heavy atom. The van der Waals surface area contributed by atoms with E-state index in [4.69, 9.17) is 19.0 Å². The van der Waals surface area contributed by atoms with E-state index in [0.29, 0.717) is 10.9 Å². The summed E-state index contributed by atoms with van der Waals surface area (Å²) in [5.41, 5.74) is 0.277. The van der Waals surface area contributed by atoms with Crippen LogP contribution in [0.15, 0.2) is 33.5 Å². The SMILES string of the molecule is Cc1cc2ccc(=O)oc2cc1OC1OC(C(=O)O)C(O)C(O)C1O. The number of benzene rings is 1. The summed E-state index contributed by atoms with van der Waals surface area (Å²) in [6.45, 7) is 1.69. The van der Waals surface area contributed by atoms with Crippen LogP contribution >= 0.6 is 0 Å². The first-order chi connectivity index (χ1) is 11.8. The zero-order valence-electron chi connectivity index (χ0n) is 13.0. The highest BCUT2D eigenvalue weighted by atomic mass is 16.7. The van der Waals surface area contributed by atoms with Gasteiger partial charge in [-0.25, -0.2) is 9.59 Å². The van der Waals surface area contributed by atoms with Crippen LogP contribution in [0.3, 0.4) is 0 Å². The molecular formula is C16H16O9. The van der Waals surface area contributed by atoms with Crippen molar-refractivity contribution in [2.45, 2.75) is 37.6 Å². The molecule has 1 aliphatic rings. The molecule has 5 atom stereocenters. The monoisotopic (exact) mass is 352 g/mol. The average Bonchev–Trinajstić information content (AvgIpc) is 2.56. The molecule has 1 aromatic carbocycles. The molecule has 5 unspecified atom stereocenters. The molecule has 9 nitrogen and oxygen atoms in total. The van der Waals surface area contributed by atoms with Gasteiger partial charge in [0.25, 0.3) is 0 Å². The number of carboxylic acid groups (broad SMARTS) is 1. The molecule has 0 amide bonds. The number of carboxylic acids is 1. The van der Waals surface area contributed by atoms with E-state index in [0.717, 1.165) is 0 Å². The predicted octanol–water partition coefficient (Wildman–Crippen LogP) is -0.628. The van der Waals surface area contributed by atoms with E-state index in [1.54, 1.807) is 19.1 Å². The lowest BCUT2D eigenvalue weighted by Gasteiger charge is -2.38. The van der Waals surface area contributed by atoms with Crippen molar-refractivity contribution in [3.8, 4) is 5.75 Å². The van der Waals surface area contributed by atoms with Crippen molar-refractivity contribution < 1.29 is 39.1 Å². The number of aliphatic hydroxyl groups is 3. The fourth-order valence-corrected chi connectivity index (χ4v) is 2.61. The standard InChI is InChI=1S/C16H16O9/c1-6-4-7-2-3-10(17)23-9(7)5-8(6)24-16-13(20)11(18)12(19)14(25-16)15(21)22/h2-5,11-14,16,18-20H,1H3,(H,21,22). The average molecular weight is 352 g/mol. The number of ether oxygens (including phenoxy) is 2. The Kier molecular flexibility index (Phi) is 4.48. The van der Waals surface area contributed by atoms with Crippen LogP contribution in [0.4, 0.5) is 0 Å². The summed E-state index contributed by atoms with van der Waals surface area (Å²) >= 11 is 0. The van der Waals surface area contributed by atoms with Crippen LogP contribution in [-0.4, -0.2) is 57.1 Å². The number of aliphatic hydroxyl groups excluding tert-OH is 3. The number of fused-ring (bicyclic) bond motifs is 1. The first kappa shape index (κ1) is 17.4. The lowest BCUT2D eigenvalue weighted by molar-refractivity contribution is -0.271. The van der Waals surface area contributed by atoms with Crippen molar-refractivity contribution in [3.63, 3.8) is 0 Å². The summed E-state index contributed by atoms with van der Waals surface area (Å²) in [5.74, 6) is -1.34. The Bertz CT molecular complexity index is 858. The molecule has 0 bridgehead atoms. The van der Waals surface area contributed by atoms with Gasteiger partial charge in [-0.3, -0.25) is 0 Å². The highest BCUT2D eigenvalue weighted by molar-refractivity contribution is 5.79. The van der Waals surface area contributed by atoms with Crippen molar-refractivity contribution in [1.29, 1.82) is 0 Å². The van der Waals surface area contributed by atoms with E-state index in [2.05, 4.69) is 0 Å².